The number of rotatable bonds is 5. The topological polar surface area (TPSA) is 61.9 Å². The second kappa shape index (κ2) is 9.04. The molecule has 3 heterocycles. The summed E-state index contributed by atoms with van der Waals surface area (Å²) in [6.45, 7) is 3.75. The Kier molecular flexibility index (Phi) is 5.98. The molecule has 1 unspecified atom stereocenters. The summed E-state index contributed by atoms with van der Waals surface area (Å²) >= 11 is 0. The minimum atomic E-state index is -0.487. The molecule has 5 rings (SSSR count). The monoisotopic (exact) mass is 433 g/mol. The first-order valence-corrected chi connectivity index (χ1v) is 11.7. The number of amides is 2. The van der Waals surface area contributed by atoms with Crippen molar-refractivity contribution in [2.75, 3.05) is 32.7 Å². The number of piperidine rings is 1. The Morgan fingerprint density at radius 2 is 1.59 bits per heavy atom. The van der Waals surface area contributed by atoms with E-state index in [4.69, 9.17) is 4.74 Å². The first-order chi connectivity index (χ1) is 15.7. The Balaban J connectivity index is 1.21. The number of nitrogens with zero attached hydrogens (tertiary/aromatic N) is 2. The van der Waals surface area contributed by atoms with Gasteiger partial charge in [0.1, 0.15) is 6.04 Å². The van der Waals surface area contributed by atoms with Crippen LogP contribution in [-0.2, 0) is 26.5 Å². The summed E-state index contributed by atoms with van der Waals surface area (Å²) in [6, 6.07) is 17.7. The normalized spacial score (nSPS) is 20.4. The van der Waals surface area contributed by atoms with Gasteiger partial charge in [0.05, 0.1) is 18.8 Å². The van der Waals surface area contributed by atoms with Gasteiger partial charge in [-0.1, -0.05) is 54.6 Å². The fourth-order valence-electron chi connectivity index (χ4n) is 5.33. The van der Waals surface area contributed by atoms with Crippen molar-refractivity contribution in [3.05, 3.63) is 71.3 Å². The molecule has 6 nitrogen and oxygen atoms in total. The SMILES string of the molecule is O=C(CNC(C(=O)N1CCCC1)c1ccccc1)N1CCC2(CC1)OCc1ccccc12. The van der Waals surface area contributed by atoms with E-state index in [1.165, 1.54) is 11.1 Å². The molecular formula is C26H31N3O3. The lowest BCUT2D eigenvalue weighted by atomic mass is 9.84. The molecule has 2 saturated heterocycles. The van der Waals surface area contributed by atoms with E-state index in [1.807, 2.05) is 40.1 Å². The van der Waals surface area contributed by atoms with Crippen LogP contribution >= 0.6 is 0 Å². The van der Waals surface area contributed by atoms with Gasteiger partial charge in [-0.3, -0.25) is 14.9 Å². The zero-order valence-electron chi connectivity index (χ0n) is 18.5. The van der Waals surface area contributed by atoms with Crippen molar-refractivity contribution in [3.63, 3.8) is 0 Å². The van der Waals surface area contributed by atoms with E-state index in [0.29, 0.717) is 19.7 Å². The van der Waals surface area contributed by atoms with Crippen molar-refractivity contribution in [1.82, 2.24) is 15.1 Å². The maximum Gasteiger partial charge on any atom is 0.244 e. The summed E-state index contributed by atoms with van der Waals surface area (Å²) in [5, 5.41) is 3.27. The van der Waals surface area contributed by atoms with E-state index in [9.17, 15) is 9.59 Å². The Morgan fingerprint density at radius 1 is 0.906 bits per heavy atom. The molecule has 1 spiro atoms. The van der Waals surface area contributed by atoms with Gasteiger partial charge >= 0.3 is 0 Å². The third-order valence-electron chi connectivity index (χ3n) is 7.19. The molecule has 0 aliphatic carbocycles. The molecule has 1 atom stereocenters. The van der Waals surface area contributed by atoms with Crippen molar-refractivity contribution in [3.8, 4) is 0 Å². The van der Waals surface area contributed by atoms with Crippen molar-refractivity contribution in [2.24, 2.45) is 0 Å². The Morgan fingerprint density at radius 3 is 2.34 bits per heavy atom. The van der Waals surface area contributed by atoms with Crippen LogP contribution in [0.3, 0.4) is 0 Å². The molecular weight excluding hydrogens is 402 g/mol. The fourth-order valence-corrected chi connectivity index (χ4v) is 5.33. The van der Waals surface area contributed by atoms with Gasteiger partial charge < -0.3 is 14.5 Å². The van der Waals surface area contributed by atoms with E-state index in [0.717, 1.165) is 44.3 Å². The third-order valence-corrected chi connectivity index (χ3v) is 7.19. The average Bonchev–Trinajstić information content (AvgIpc) is 3.50. The number of fused-ring (bicyclic) bond motifs is 2. The van der Waals surface area contributed by atoms with Crippen LogP contribution in [0.5, 0.6) is 0 Å². The van der Waals surface area contributed by atoms with E-state index >= 15 is 0 Å². The largest absolute Gasteiger partial charge is 0.365 e. The average molecular weight is 434 g/mol. The molecule has 0 radical (unpaired) electrons. The molecule has 3 aliphatic rings. The standard InChI is InChI=1S/C26H31N3O3/c30-23(28-16-12-26(13-17-28)22-11-5-4-10-21(22)19-32-26)18-27-24(20-8-2-1-3-9-20)25(31)29-14-6-7-15-29/h1-5,8-11,24,27H,6-7,12-19H2. The van der Waals surface area contributed by atoms with E-state index in [2.05, 4.69) is 29.6 Å². The van der Waals surface area contributed by atoms with E-state index < -0.39 is 6.04 Å². The summed E-state index contributed by atoms with van der Waals surface area (Å²) in [7, 11) is 0. The number of carbonyl (C=O) groups is 2. The number of carbonyl (C=O) groups excluding carboxylic acids is 2. The third kappa shape index (κ3) is 4.05. The van der Waals surface area contributed by atoms with Crippen molar-refractivity contribution >= 4 is 11.8 Å². The van der Waals surface area contributed by atoms with Gasteiger partial charge in [0.15, 0.2) is 0 Å². The number of likely N-dealkylation sites (tertiary alicyclic amines) is 2. The van der Waals surface area contributed by atoms with Crippen LogP contribution in [0.2, 0.25) is 0 Å². The minimum absolute atomic E-state index is 0.0429. The molecule has 2 aromatic carbocycles. The smallest absolute Gasteiger partial charge is 0.244 e. The molecule has 0 bridgehead atoms. The lowest BCUT2D eigenvalue weighted by molar-refractivity contribution is -0.138. The van der Waals surface area contributed by atoms with Crippen molar-refractivity contribution in [2.45, 2.75) is 43.9 Å². The Labute approximate surface area is 189 Å². The van der Waals surface area contributed by atoms with Crippen LogP contribution in [0.1, 0.15) is 48.4 Å². The molecule has 168 valence electrons. The van der Waals surface area contributed by atoms with Gasteiger partial charge in [-0.25, -0.2) is 0 Å². The lowest BCUT2D eigenvalue weighted by Gasteiger charge is -2.39. The van der Waals surface area contributed by atoms with Crippen LogP contribution in [-0.4, -0.2) is 54.3 Å². The van der Waals surface area contributed by atoms with Gasteiger partial charge in [-0.05, 0) is 42.4 Å². The van der Waals surface area contributed by atoms with Crippen LogP contribution < -0.4 is 5.32 Å². The molecule has 2 aromatic rings. The molecule has 3 aliphatic heterocycles. The number of ether oxygens (including phenoxy) is 1. The molecule has 2 fully saturated rings. The van der Waals surface area contributed by atoms with Gasteiger partial charge in [0.2, 0.25) is 11.8 Å². The van der Waals surface area contributed by atoms with Crippen molar-refractivity contribution in [1.29, 1.82) is 0 Å². The van der Waals surface area contributed by atoms with Gasteiger partial charge in [-0.15, -0.1) is 0 Å². The summed E-state index contributed by atoms with van der Waals surface area (Å²) in [5.74, 6) is 0.108. The van der Waals surface area contributed by atoms with Gasteiger partial charge in [0, 0.05) is 26.2 Å². The highest BCUT2D eigenvalue weighted by atomic mass is 16.5. The first kappa shape index (κ1) is 21.2. The minimum Gasteiger partial charge on any atom is -0.365 e. The lowest BCUT2D eigenvalue weighted by Crippen LogP contribution is -2.49. The maximum atomic E-state index is 13.1. The molecule has 2 amide bonds. The maximum absolute atomic E-state index is 13.1. The number of benzene rings is 2. The van der Waals surface area contributed by atoms with Gasteiger partial charge in [-0.2, -0.15) is 0 Å². The second-order valence-corrected chi connectivity index (χ2v) is 9.08. The molecule has 0 saturated carbocycles. The Bertz CT molecular complexity index is 963. The molecule has 6 heteroatoms. The molecule has 0 aromatic heterocycles. The number of hydrogen-bond donors (Lipinski definition) is 1. The van der Waals surface area contributed by atoms with Crippen LogP contribution in [0.25, 0.3) is 0 Å². The van der Waals surface area contributed by atoms with Crippen LogP contribution in [0.15, 0.2) is 54.6 Å². The fraction of sp³-hybridized carbons (Fsp3) is 0.462. The predicted octanol–water partition coefficient (Wildman–Crippen LogP) is 2.99. The Hall–Kier alpha value is -2.70. The quantitative estimate of drug-likeness (QED) is 0.788. The highest BCUT2D eigenvalue weighted by Crippen LogP contribution is 2.43. The second-order valence-electron chi connectivity index (χ2n) is 9.08. The summed E-state index contributed by atoms with van der Waals surface area (Å²) < 4.78 is 6.22. The van der Waals surface area contributed by atoms with E-state index in [1.54, 1.807) is 0 Å². The summed E-state index contributed by atoms with van der Waals surface area (Å²) in [6.07, 6.45) is 3.72. The van der Waals surface area contributed by atoms with Crippen molar-refractivity contribution < 1.29 is 14.3 Å². The number of hydrogen-bond acceptors (Lipinski definition) is 4. The summed E-state index contributed by atoms with van der Waals surface area (Å²) in [4.78, 5) is 30.0. The highest BCUT2D eigenvalue weighted by Gasteiger charge is 2.43. The highest BCUT2D eigenvalue weighted by molar-refractivity contribution is 5.85. The van der Waals surface area contributed by atoms with E-state index in [-0.39, 0.29) is 24.0 Å². The summed E-state index contributed by atoms with van der Waals surface area (Å²) in [5.41, 5.74) is 3.20. The molecule has 1 N–H and O–H groups in total. The zero-order chi connectivity index (χ0) is 22.0. The number of nitrogens with one attached hydrogen (secondary N) is 1. The van der Waals surface area contributed by atoms with Gasteiger partial charge in [0.25, 0.3) is 0 Å². The first-order valence-electron chi connectivity index (χ1n) is 11.7. The molecule has 32 heavy (non-hydrogen) atoms. The van der Waals surface area contributed by atoms with Crippen LogP contribution in [0.4, 0.5) is 0 Å². The zero-order valence-corrected chi connectivity index (χ0v) is 18.5. The predicted molar refractivity (Wildman–Crippen MR) is 122 cm³/mol. The van der Waals surface area contributed by atoms with Crippen LogP contribution in [0, 0.1) is 0 Å².